The van der Waals surface area contributed by atoms with E-state index in [2.05, 4.69) is 22.4 Å². The summed E-state index contributed by atoms with van der Waals surface area (Å²) in [7, 11) is 0. The Bertz CT molecular complexity index is 816. The van der Waals surface area contributed by atoms with Crippen LogP contribution in [0.15, 0.2) is 28.9 Å². The van der Waals surface area contributed by atoms with Crippen LogP contribution in [0.25, 0.3) is 5.65 Å². The number of imidazole rings is 1. The van der Waals surface area contributed by atoms with E-state index in [4.69, 9.17) is 4.52 Å². The lowest BCUT2D eigenvalue weighted by atomic mass is 10.2. The molecule has 6 nitrogen and oxygen atoms in total. The Labute approximate surface area is 121 Å². The fraction of sp³-hybridized carbons (Fsp3) is 0.267. The molecule has 0 aliphatic carbocycles. The van der Waals surface area contributed by atoms with E-state index in [1.807, 2.05) is 17.4 Å². The van der Waals surface area contributed by atoms with Gasteiger partial charge in [-0.15, -0.1) is 0 Å². The molecule has 3 heterocycles. The molecule has 0 atom stereocenters. The summed E-state index contributed by atoms with van der Waals surface area (Å²) >= 11 is 0. The third kappa shape index (κ3) is 2.40. The fourth-order valence-corrected chi connectivity index (χ4v) is 2.29. The number of aryl methyl sites for hydroxylation is 3. The van der Waals surface area contributed by atoms with E-state index in [1.54, 1.807) is 25.3 Å². The van der Waals surface area contributed by atoms with Crippen LogP contribution in [0.1, 0.15) is 34.4 Å². The van der Waals surface area contributed by atoms with Crippen LogP contribution in [0.4, 0.5) is 5.82 Å². The van der Waals surface area contributed by atoms with Crippen molar-refractivity contribution in [1.29, 1.82) is 0 Å². The van der Waals surface area contributed by atoms with E-state index in [0.717, 1.165) is 23.5 Å². The zero-order chi connectivity index (χ0) is 15.0. The van der Waals surface area contributed by atoms with Crippen LogP contribution < -0.4 is 5.32 Å². The normalized spacial score (nSPS) is 11.0. The van der Waals surface area contributed by atoms with Gasteiger partial charge < -0.3 is 14.2 Å². The van der Waals surface area contributed by atoms with Gasteiger partial charge in [-0.3, -0.25) is 4.79 Å². The van der Waals surface area contributed by atoms with E-state index >= 15 is 0 Å². The van der Waals surface area contributed by atoms with Crippen LogP contribution in [0.3, 0.4) is 0 Å². The van der Waals surface area contributed by atoms with E-state index in [9.17, 15) is 4.79 Å². The van der Waals surface area contributed by atoms with Crippen LogP contribution in [-0.4, -0.2) is 20.4 Å². The first kappa shape index (κ1) is 13.4. The predicted molar refractivity (Wildman–Crippen MR) is 78.5 cm³/mol. The number of carbonyl (C=O) groups excluding carboxylic acids is 1. The van der Waals surface area contributed by atoms with Crippen LogP contribution in [-0.2, 0) is 6.42 Å². The number of anilines is 1. The minimum Gasteiger partial charge on any atom is -0.360 e. The zero-order valence-electron chi connectivity index (χ0n) is 12.2. The Balaban J connectivity index is 1.93. The maximum Gasteiger partial charge on any atom is 0.258 e. The van der Waals surface area contributed by atoms with Crippen molar-refractivity contribution in [2.45, 2.75) is 27.2 Å². The molecule has 0 fully saturated rings. The number of nitrogens with one attached hydrogen (secondary N) is 1. The largest absolute Gasteiger partial charge is 0.360 e. The fourth-order valence-electron chi connectivity index (χ4n) is 2.29. The number of amides is 1. The highest BCUT2D eigenvalue weighted by Gasteiger charge is 2.12. The minimum atomic E-state index is -0.226. The van der Waals surface area contributed by atoms with E-state index in [1.165, 1.54) is 0 Å². The molecule has 0 aliphatic rings. The van der Waals surface area contributed by atoms with Gasteiger partial charge in [-0.25, -0.2) is 4.98 Å². The second kappa shape index (κ2) is 5.05. The van der Waals surface area contributed by atoms with Crippen LogP contribution in [0, 0.1) is 13.8 Å². The van der Waals surface area contributed by atoms with Crippen molar-refractivity contribution < 1.29 is 9.32 Å². The monoisotopic (exact) mass is 284 g/mol. The highest BCUT2D eigenvalue weighted by Crippen LogP contribution is 2.15. The summed E-state index contributed by atoms with van der Waals surface area (Å²) in [6.07, 6.45) is 2.66. The van der Waals surface area contributed by atoms with Gasteiger partial charge in [0.15, 0.2) is 5.82 Å². The maximum atomic E-state index is 12.2. The average Bonchev–Trinajstić information content (AvgIpc) is 3.02. The smallest absolute Gasteiger partial charge is 0.258 e. The van der Waals surface area contributed by atoms with E-state index < -0.39 is 0 Å². The molecule has 3 rings (SSSR count). The van der Waals surface area contributed by atoms with Crippen LogP contribution in [0.5, 0.6) is 0 Å². The molecule has 1 amide bonds. The third-order valence-corrected chi connectivity index (χ3v) is 3.42. The van der Waals surface area contributed by atoms with Gasteiger partial charge in [0.05, 0.1) is 11.3 Å². The molecule has 0 saturated heterocycles. The molecule has 108 valence electrons. The highest BCUT2D eigenvalue weighted by atomic mass is 16.5. The lowest BCUT2D eigenvalue weighted by Gasteiger charge is -2.03. The average molecular weight is 284 g/mol. The number of pyridine rings is 1. The van der Waals surface area contributed by atoms with Gasteiger partial charge >= 0.3 is 0 Å². The van der Waals surface area contributed by atoms with Gasteiger partial charge in [0.25, 0.3) is 5.91 Å². The Morgan fingerprint density at radius 1 is 1.38 bits per heavy atom. The van der Waals surface area contributed by atoms with Gasteiger partial charge in [0.1, 0.15) is 11.4 Å². The van der Waals surface area contributed by atoms with Crippen molar-refractivity contribution in [3.05, 3.63) is 47.1 Å². The van der Waals surface area contributed by atoms with Crippen molar-refractivity contribution in [3.8, 4) is 0 Å². The number of rotatable bonds is 3. The third-order valence-electron chi connectivity index (χ3n) is 3.42. The number of aromatic nitrogens is 3. The van der Waals surface area contributed by atoms with Gasteiger partial charge in [-0.2, -0.15) is 0 Å². The number of hydrogen-bond acceptors (Lipinski definition) is 4. The number of fused-ring (bicyclic) bond motifs is 1. The Morgan fingerprint density at radius 3 is 2.86 bits per heavy atom. The van der Waals surface area contributed by atoms with Crippen molar-refractivity contribution in [3.63, 3.8) is 0 Å². The summed E-state index contributed by atoms with van der Waals surface area (Å²) in [5.74, 6) is 0.837. The van der Waals surface area contributed by atoms with Crippen molar-refractivity contribution in [2.24, 2.45) is 0 Å². The summed E-state index contributed by atoms with van der Waals surface area (Å²) in [6.45, 7) is 5.84. The lowest BCUT2D eigenvalue weighted by molar-refractivity contribution is 0.102. The molecule has 21 heavy (non-hydrogen) atoms. The summed E-state index contributed by atoms with van der Waals surface area (Å²) in [6, 6.07) is 5.27. The number of nitrogens with zero attached hydrogens (tertiary/aromatic N) is 3. The van der Waals surface area contributed by atoms with Crippen molar-refractivity contribution in [1.82, 2.24) is 14.5 Å². The molecule has 0 radical (unpaired) electrons. The molecule has 0 spiro atoms. The molecule has 3 aromatic heterocycles. The maximum absolute atomic E-state index is 12.2. The summed E-state index contributed by atoms with van der Waals surface area (Å²) in [4.78, 5) is 16.8. The second-order valence-electron chi connectivity index (χ2n) is 4.92. The molecule has 3 aromatic rings. The minimum absolute atomic E-state index is 0.226. The predicted octanol–water partition coefficient (Wildman–Crippen LogP) is 2.75. The molecule has 0 aromatic carbocycles. The zero-order valence-corrected chi connectivity index (χ0v) is 12.2. The number of hydrogen-bond donors (Lipinski definition) is 1. The second-order valence-corrected chi connectivity index (χ2v) is 4.92. The number of carbonyl (C=O) groups is 1. The Kier molecular flexibility index (Phi) is 3.21. The molecule has 6 heteroatoms. The Hall–Kier alpha value is -2.63. The van der Waals surface area contributed by atoms with Gasteiger partial charge in [-0.05, 0) is 32.4 Å². The van der Waals surface area contributed by atoms with Crippen LogP contribution in [0.2, 0.25) is 0 Å². The highest BCUT2D eigenvalue weighted by molar-refractivity contribution is 6.03. The molecule has 0 bridgehead atoms. The summed E-state index contributed by atoms with van der Waals surface area (Å²) < 4.78 is 6.86. The van der Waals surface area contributed by atoms with Crippen LogP contribution >= 0.6 is 0 Å². The lowest BCUT2D eigenvalue weighted by Crippen LogP contribution is -2.12. The SMILES string of the molecule is CCc1nc2ccc(C(=O)Nc3cc(C)on3)cn2c1C. The molecule has 1 N–H and O–H groups in total. The molecule has 0 unspecified atom stereocenters. The van der Waals surface area contributed by atoms with Crippen molar-refractivity contribution >= 4 is 17.4 Å². The summed E-state index contributed by atoms with van der Waals surface area (Å²) in [5, 5.41) is 6.46. The Morgan fingerprint density at radius 2 is 2.19 bits per heavy atom. The standard InChI is InChI=1S/C15H16N4O2/c1-4-12-10(3)19-8-11(5-6-14(19)16-12)15(20)17-13-7-9(2)21-18-13/h5-8H,4H2,1-3H3,(H,17,18,20). The van der Waals surface area contributed by atoms with E-state index in [-0.39, 0.29) is 5.91 Å². The first-order valence-corrected chi connectivity index (χ1v) is 6.80. The molecular formula is C15H16N4O2. The molecular weight excluding hydrogens is 268 g/mol. The first-order valence-electron chi connectivity index (χ1n) is 6.80. The molecule has 0 saturated carbocycles. The van der Waals surface area contributed by atoms with E-state index in [0.29, 0.717) is 17.1 Å². The van der Waals surface area contributed by atoms with Gasteiger partial charge in [-0.1, -0.05) is 12.1 Å². The van der Waals surface area contributed by atoms with Gasteiger partial charge in [0.2, 0.25) is 0 Å². The summed E-state index contributed by atoms with van der Waals surface area (Å²) in [5.41, 5.74) is 3.49. The van der Waals surface area contributed by atoms with Gasteiger partial charge in [0, 0.05) is 18.0 Å². The van der Waals surface area contributed by atoms with Crippen molar-refractivity contribution in [2.75, 3.05) is 5.32 Å². The quantitative estimate of drug-likeness (QED) is 0.802. The topological polar surface area (TPSA) is 72.4 Å². The molecule has 0 aliphatic heterocycles. The first-order chi connectivity index (χ1) is 10.1.